The second-order valence-corrected chi connectivity index (χ2v) is 6.30. The minimum atomic E-state index is 0.0982. The summed E-state index contributed by atoms with van der Waals surface area (Å²) in [6, 6.07) is 5.43. The number of nitrogens with zero attached hydrogens (tertiary/aromatic N) is 3. The van der Waals surface area contributed by atoms with Crippen LogP contribution in [0, 0.1) is 11.8 Å². The van der Waals surface area contributed by atoms with E-state index in [0.29, 0.717) is 36.5 Å². The number of carbonyl (C=O) groups is 1. The summed E-state index contributed by atoms with van der Waals surface area (Å²) in [7, 11) is 0. The van der Waals surface area contributed by atoms with Gasteiger partial charge in [0.25, 0.3) is 0 Å². The molecule has 0 unspecified atom stereocenters. The minimum absolute atomic E-state index is 0.0982. The Morgan fingerprint density at radius 3 is 2.96 bits per heavy atom. The van der Waals surface area contributed by atoms with Crippen LogP contribution in [-0.2, 0) is 16.0 Å². The van der Waals surface area contributed by atoms with Gasteiger partial charge in [-0.05, 0) is 18.2 Å². The van der Waals surface area contributed by atoms with Crippen LogP contribution in [0.1, 0.15) is 5.76 Å². The number of likely N-dealkylation sites (tertiary alicyclic amines) is 1. The molecule has 2 saturated heterocycles. The zero-order chi connectivity index (χ0) is 16.4. The van der Waals surface area contributed by atoms with Gasteiger partial charge in [0.1, 0.15) is 5.76 Å². The first-order chi connectivity index (χ1) is 11.8. The number of amides is 1. The van der Waals surface area contributed by atoms with Crippen molar-refractivity contribution in [1.29, 1.82) is 0 Å². The summed E-state index contributed by atoms with van der Waals surface area (Å²) in [5.74, 6) is 2.16. The van der Waals surface area contributed by atoms with Gasteiger partial charge in [-0.3, -0.25) is 4.79 Å². The van der Waals surface area contributed by atoms with Crippen LogP contribution in [0.4, 0.5) is 5.95 Å². The molecule has 2 aromatic heterocycles. The summed E-state index contributed by atoms with van der Waals surface area (Å²) in [4.78, 5) is 22.6. The summed E-state index contributed by atoms with van der Waals surface area (Å²) in [5.41, 5.74) is 0. The lowest BCUT2D eigenvalue weighted by molar-refractivity contribution is -0.130. The molecule has 2 aromatic rings. The average Bonchev–Trinajstić information content (AvgIpc) is 3.31. The second kappa shape index (κ2) is 6.60. The highest BCUT2D eigenvalue weighted by Gasteiger charge is 2.45. The van der Waals surface area contributed by atoms with Gasteiger partial charge in [0.15, 0.2) is 0 Å². The van der Waals surface area contributed by atoms with Crippen LogP contribution in [0.5, 0.6) is 0 Å². The molecular weight excluding hydrogens is 308 g/mol. The number of carbonyl (C=O) groups excluding carboxylic acids is 1. The van der Waals surface area contributed by atoms with Crippen molar-refractivity contribution in [3.05, 3.63) is 42.6 Å². The maximum absolute atomic E-state index is 12.4. The van der Waals surface area contributed by atoms with E-state index in [-0.39, 0.29) is 12.0 Å². The molecule has 24 heavy (non-hydrogen) atoms. The fourth-order valence-electron chi connectivity index (χ4n) is 3.50. The van der Waals surface area contributed by atoms with Crippen molar-refractivity contribution in [3.63, 3.8) is 0 Å². The van der Waals surface area contributed by atoms with Gasteiger partial charge < -0.3 is 19.4 Å². The second-order valence-electron chi connectivity index (χ2n) is 6.30. The SMILES string of the molecule is O=C(Cc1ccco1)N1C[C@H]2[C@H](CNc3ncccn3)CO[C@H]2C1. The molecule has 0 spiro atoms. The molecule has 0 bridgehead atoms. The minimum Gasteiger partial charge on any atom is -0.469 e. The van der Waals surface area contributed by atoms with Gasteiger partial charge in [-0.2, -0.15) is 0 Å². The van der Waals surface area contributed by atoms with E-state index >= 15 is 0 Å². The third-order valence-electron chi connectivity index (χ3n) is 4.79. The summed E-state index contributed by atoms with van der Waals surface area (Å²) in [6.07, 6.45) is 5.47. The predicted octanol–water partition coefficient (Wildman–Crippen LogP) is 1.20. The van der Waals surface area contributed by atoms with Crippen LogP contribution < -0.4 is 5.32 Å². The number of fused-ring (bicyclic) bond motifs is 1. The highest BCUT2D eigenvalue weighted by atomic mass is 16.5. The molecule has 0 aromatic carbocycles. The number of rotatable bonds is 5. The molecule has 0 aliphatic carbocycles. The van der Waals surface area contributed by atoms with E-state index in [2.05, 4.69) is 15.3 Å². The van der Waals surface area contributed by atoms with Crippen molar-refractivity contribution >= 4 is 11.9 Å². The van der Waals surface area contributed by atoms with E-state index in [1.165, 1.54) is 0 Å². The van der Waals surface area contributed by atoms with E-state index in [9.17, 15) is 4.79 Å². The quantitative estimate of drug-likeness (QED) is 0.888. The lowest BCUT2D eigenvalue weighted by atomic mass is 9.93. The van der Waals surface area contributed by atoms with E-state index < -0.39 is 0 Å². The summed E-state index contributed by atoms with van der Waals surface area (Å²) < 4.78 is 11.2. The summed E-state index contributed by atoms with van der Waals surface area (Å²) in [5, 5.41) is 3.26. The highest BCUT2D eigenvalue weighted by Crippen LogP contribution is 2.34. The Kier molecular flexibility index (Phi) is 4.17. The maximum Gasteiger partial charge on any atom is 0.230 e. The van der Waals surface area contributed by atoms with Gasteiger partial charge >= 0.3 is 0 Å². The molecule has 4 heterocycles. The van der Waals surface area contributed by atoms with Crippen LogP contribution in [0.15, 0.2) is 41.3 Å². The molecule has 2 fully saturated rings. The Balaban J connectivity index is 1.32. The molecule has 7 nitrogen and oxygen atoms in total. The van der Waals surface area contributed by atoms with Crippen LogP contribution in [0.3, 0.4) is 0 Å². The van der Waals surface area contributed by atoms with Gasteiger partial charge in [-0.1, -0.05) is 0 Å². The van der Waals surface area contributed by atoms with Crippen LogP contribution in [0.25, 0.3) is 0 Å². The van der Waals surface area contributed by atoms with Crippen molar-refractivity contribution in [2.24, 2.45) is 11.8 Å². The third kappa shape index (κ3) is 3.12. The smallest absolute Gasteiger partial charge is 0.230 e. The van der Waals surface area contributed by atoms with E-state index in [1.54, 1.807) is 30.8 Å². The van der Waals surface area contributed by atoms with E-state index in [4.69, 9.17) is 9.15 Å². The standard InChI is InChI=1S/C17H20N4O3/c22-16(7-13-3-1-6-23-13)21-9-14-12(11-24-15(14)10-21)8-20-17-18-4-2-5-19-17/h1-6,12,14-15H,7-11H2,(H,18,19,20)/t12-,14+,15+/m1/s1. The fraction of sp³-hybridized carbons (Fsp3) is 0.471. The predicted molar refractivity (Wildman–Crippen MR) is 86.2 cm³/mol. The van der Waals surface area contributed by atoms with Gasteiger partial charge in [0, 0.05) is 43.9 Å². The average molecular weight is 328 g/mol. The van der Waals surface area contributed by atoms with Crippen molar-refractivity contribution in [1.82, 2.24) is 14.9 Å². The Morgan fingerprint density at radius 1 is 1.29 bits per heavy atom. The topological polar surface area (TPSA) is 80.5 Å². The Labute approximate surface area is 140 Å². The Hall–Kier alpha value is -2.41. The lowest BCUT2D eigenvalue weighted by Crippen LogP contribution is -2.33. The largest absolute Gasteiger partial charge is 0.469 e. The molecule has 7 heteroatoms. The molecule has 4 rings (SSSR count). The number of furan rings is 1. The number of hydrogen-bond donors (Lipinski definition) is 1. The monoisotopic (exact) mass is 328 g/mol. The number of nitrogens with one attached hydrogen (secondary N) is 1. The number of aromatic nitrogens is 2. The zero-order valence-corrected chi connectivity index (χ0v) is 13.3. The first-order valence-corrected chi connectivity index (χ1v) is 8.22. The Morgan fingerprint density at radius 2 is 2.17 bits per heavy atom. The number of anilines is 1. The van der Waals surface area contributed by atoms with Gasteiger partial charge in [-0.25, -0.2) is 9.97 Å². The van der Waals surface area contributed by atoms with E-state index in [1.807, 2.05) is 11.0 Å². The van der Waals surface area contributed by atoms with Crippen LogP contribution in [0.2, 0.25) is 0 Å². The molecular formula is C17H20N4O3. The van der Waals surface area contributed by atoms with Crippen molar-refractivity contribution in [2.75, 3.05) is 31.6 Å². The zero-order valence-electron chi connectivity index (χ0n) is 13.3. The number of hydrogen-bond acceptors (Lipinski definition) is 6. The molecule has 3 atom stereocenters. The number of ether oxygens (including phenoxy) is 1. The fourth-order valence-corrected chi connectivity index (χ4v) is 3.50. The normalized spacial score (nSPS) is 25.7. The van der Waals surface area contributed by atoms with E-state index in [0.717, 1.165) is 19.7 Å². The molecule has 2 aliphatic heterocycles. The lowest BCUT2D eigenvalue weighted by Gasteiger charge is -2.20. The molecule has 1 N–H and O–H groups in total. The molecule has 126 valence electrons. The van der Waals surface area contributed by atoms with Gasteiger partial charge in [0.2, 0.25) is 11.9 Å². The van der Waals surface area contributed by atoms with Gasteiger partial charge in [0.05, 0.1) is 25.4 Å². The maximum atomic E-state index is 12.4. The highest BCUT2D eigenvalue weighted by molar-refractivity contribution is 5.78. The van der Waals surface area contributed by atoms with Gasteiger partial charge in [-0.15, -0.1) is 0 Å². The summed E-state index contributed by atoms with van der Waals surface area (Å²) >= 11 is 0. The summed E-state index contributed by atoms with van der Waals surface area (Å²) in [6.45, 7) is 2.88. The Bertz CT molecular complexity index is 676. The first kappa shape index (κ1) is 15.1. The van der Waals surface area contributed by atoms with Crippen molar-refractivity contribution in [2.45, 2.75) is 12.5 Å². The molecule has 0 radical (unpaired) electrons. The van der Waals surface area contributed by atoms with Crippen molar-refractivity contribution in [3.8, 4) is 0 Å². The molecule has 2 aliphatic rings. The first-order valence-electron chi connectivity index (χ1n) is 8.22. The molecule has 0 saturated carbocycles. The van der Waals surface area contributed by atoms with Crippen molar-refractivity contribution < 1.29 is 13.9 Å². The third-order valence-corrected chi connectivity index (χ3v) is 4.79. The molecule has 1 amide bonds. The van der Waals surface area contributed by atoms with Crippen LogP contribution >= 0.6 is 0 Å². The van der Waals surface area contributed by atoms with Crippen LogP contribution in [-0.4, -0.2) is 53.1 Å².